The smallest absolute Gasteiger partial charge is 0.387 e. The summed E-state index contributed by atoms with van der Waals surface area (Å²) in [5, 5.41) is 0. The summed E-state index contributed by atoms with van der Waals surface area (Å²) in [5.74, 6) is -0.285. The van der Waals surface area contributed by atoms with Gasteiger partial charge in [-0.25, -0.2) is 0 Å². The molecule has 0 amide bonds. The van der Waals surface area contributed by atoms with Gasteiger partial charge in [-0.3, -0.25) is 9.59 Å². The van der Waals surface area contributed by atoms with Crippen LogP contribution in [0.1, 0.15) is 26.3 Å². The molecule has 1 heterocycles. The molecule has 0 bridgehead atoms. The molecule has 1 aromatic heterocycles. The average molecular weight is 368 g/mol. The molecule has 0 aliphatic heterocycles. The summed E-state index contributed by atoms with van der Waals surface area (Å²) >= 11 is 0. The molecule has 0 unspecified atom stereocenters. The Bertz CT molecular complexity index is 924. The van der Waals surface area contributed by atoms with Gasteiger partial charge in [0.25, 0.3) is 0 Å². The first-order valence-electron chi connectivity index (χ1n) is 8.20. The van der Waals surface area contributed by atoms with E-state index in [0.717, 1.165) is 0 Å². The maximum atomic E-state index is 12.4. The number of Topliss-reactive ketones (excluding diaryl/α,β-unsaturated/α-hetero) is 1. The van der Waals surface area contributed by atoms with Gasteiger partial charge in [0.15, 0.2) is 18.2 Å². The van der Waals surface area contributed by atoms with Crippen molar-refractivity contribution in [3.05, 3.63) is 95.8 Å². The molecule has 3 aromatic rings. The third-order valence-electron chi connectivity index (χ3n) is 3.92. The van der Waals surface area contributed by atoms with Crippen LogP contribution in [0.25, 0.3) is 0 Å². The van der Waals surface area contributed by atoms with E-state index < -0.39 is 6.61 Å². The number of carbonyl (C=O) groups is 2. The van der Waals surface area contributed by atoms with E-state index in [9.17, 15) is 18.4 Å². The molecule has 0 aliphatic carbocycles. The van der Waals surface area contributed by atoms with Crippen LogP contribution in [0.4, 0.5) is 8.78 Å². The summed E-state index contributed by atoms with van der Waals surface area (Å²) < 4.78 is 30.2. The summed E-state index contributed by atoms with van der Waals surface area (Å²) in [7, 11) is 0. The number of hydrogen-bond acceptors (Lipinski definition) is 3. The van der Waals surface area contributed by atoms with Crippen molar-refractivity contribution in [3.8, 4) is 5.75 Å². The van der Waals surface area contributed by atoms with E-state index in [2.05, 4.69) is 4.74 Å². The third kappa shape index (κ3) is 4.82. The number of alkyl halides is 2. The van der Waals surface area contributed by atoms with E-state index in [1.807, 2.05) is 6.07 Å². The number of nitrogens with zero attached hydrogens (tertiary/aromatic N) is 1. The Kier molecular flexibility index (Phi) is 5.66. The van der Waals surface area contributed by atoms with Gasteiger partial charge in [0.05, 0.1) is 0 Å². The number of aromatic nitrogens is 1. The second-order valence-electron chi connectivity index (χ2n) is 5.78. The number of pyridine rings is 1. The van der Waals surface area contributed by atoms with Crippen LogP contribution in [0, 0.1) is 0 Å². The topological polar surface area (TPSA) is 47.2 Å². The van der Waals surface area contributed by atoms with Crippen LogP contribution in [0.3, 0.4) is 0 Å². The molecule has 0 spiro atoms. The number of carbonyl (C=O) groups excluding carboxylic acids is 2. The summed E-state index contributed by atoms with van der Waals surface area (Å²) in [6.45, 7) is -2.84. The monoisotopic (exact) mass is 368 g/mol. The minimum atomic E-state index is -2.90. The zero-order chi connectivity index (χ0) is 19.2. The largest absolute Gasteiger partial charge is 0.435 e. The highest BCUT2D eigenvalue weighted by atomic mass is 19.3. The Morgan fingerprint density at radius 3 is 2.00 bits per heavy atom. The molecule has 0 aliphatic rings. The molecule has 3 rings (SSSR count). The standard InChI is InChI=1S/C21H16F2NO3/c22-21(23)27-18-8-6-15(7-9-18)19(25)14-24-12-10-17(11-13-24)20(26)16-4-2-1-3-5-16/h1-13,21H,14H2/q+1. The molecule has 0 radical (unpaired) electrons. The minimum Gasteiger partial charge on any atom is -0.435 e. The molecule has 0 N–H and O–H groups in total. The molecule has 4 nitrogen and oxygen atoms in total. The normalized spacial score (nSPS) is 10.6. The predicted molar refractivity (Wildman–Crippen MR) is 93.9 cm³/mol. The summed E-state index contributed by atoms with van der Waals surface area (Å²) in [6, 6.07) is 17.8. The number of hydrogen-bond donors (Lipinski definition) is 0. The van der Waals surface area contributed by atoms with E-state index in [0.29, 0.717) is 16.7 Å². The Morgan fingerprint density at radius 1 is 0.815 bits per heavy atom. The van der Waals surface area contributed by atoms with Crippen molar-refractivity contribution in [1.82, 2.24) is 0 Å². The summed E-state index contributed by atoms with van der Waals surface area (Å²) in [6.07, 6.45) is 3.31. The molecule has 0 fully saturated rings. The first-order valence-corrected chi connectivity index (χ1v) is 8.20. The number of ketones is 2. The van der Waals surface area contributed by atoms with E-state index in [1.165, 1.54) is 24.3 Å². The molecule has 136 valence electrons. The van der Waals surface area contributed by atoms with Crippen LogP contribution >= 0.6 is 0 Å². The van der Waals surface area contributed by atoms with Crippen molar-refractivity contribution in [1.29, 1.82) is 0 Å². The molecule has 6 heteroatoms. The Morgan fingerprint density at radius 2 is 1.41 bits per heavy atom. The first kappa shape index (κ1) is 18.4. The predicted octanol–water partition coefficient (Wildman–Crippen LogP) is 3.69. The zero-order valence-corrected chi connectivity index (χ0v) is 14.2. The molecule has 0 saturated heterocycles. The van der Waals surface area contributed by atoms with E-state index in [1.54, 1.807) is 53.4 Å². The van der Waals surface area contributed by atoms with Crippen molar-refractivity contribution in [2.45, 2.75) is 13.2 Å². The van der Waals surface area contributed by atoms with Crippen molar-refractivity contribution >= 4 is 11.6 Å². The highest BCUT2D eigenvalue weighted by Gasteiger charge is 2.15. The van der Waals surface area contributed by atoms with Gasteiger partial charge in [-0.2, -0.15) is 13.3 Å². The van der Waals surface area contributed by atoms with E-state index in [-0.39, 0.29) is 23.9 Å². The Labute approximate surface area is 154 Å². The van der Waals surface area contributed by atoms with Crippen LogP contribution in [0.5, 0.6) is 5.75 Å². The number of halogens is 2. The Hall–Kier alpha value is -3.41. The highest BCUT2D eigenvalue weighted by Crippen LogP contribution is 2.15. The van der Waals surface area contributed by atoms with Crippen molar-refractivity contribution in [2.24, 2.45) is 0 Å². The molecule has 0 saturated carbocycles. The quantitative estimate of drug-likeness (QED) is 0.472. The lowest BCUT2D eigenvalue weighted by Gasteiger charge is -2.05. The average Bonchev–Trinajstić information content (AvgIpc) is 2.69. The molecule has 27 heavy (non-hydrogen) atoms. The van der Waals surface area contributed by atoms with Gasteiger partial charge in [0.1, 0.15) is 5.75 Å². The van der Waals surface area contributed by atoms with Gasteiger partial charge < -0.3 is 4.74 Å². The van der Waals surface area contributed by atoms with Gasteiger partial charge in [0, 0.05) is 28.8 Å². The fraction of sp³-hybridized carbons (Fsp3) is 0.0952. The lowest BCUT2D eigenvalue weighted by molar-refractivity contribution is -0.683. The van der Waals surface area contributed by atoms with Crippen LogP contribution in [-0.4, -0.2) is 18.2 Å². The number of rotatable bonds is 7. The first-order chi connectivity index (χ1) is 13.0. The van der Waals surface area contributed by atoms with Gasteiger partial charge >= 0.3 is 6.61 Å². The van der Waals surface area contributed by atoms with Gasteiger partial charge in [0.2, 0.25) is 12.3 Å². The lowest BCUT2D eigenvalue weighted by Crippen LogP contribution is -2.37. The van der Waals surface area contributed by atoms with Crippen LogP contribution in [0.2, 0.25) is 0 Å². The van der Waals surface area contributed by atoms with Crippen molar-refractivity contribution in [3.63, 3.8) is 0 Å². The fourth-order valence-electron chi connectivity index (χ4n) is 2.55. The Balaban J connectivity index is 1.65. The van der Waals surface area contributed by atoms with Crippen LogP contribution < -0.4 is 9.30 Å². The van der Waals surface area contributed by atoms with Gasteiger partial charge in [-0.05, 0) is 24.3 Å². The summed E-state index contributed by atoms with van der Waals surface area (Å²) in [5.41, 5.74) is 1.50. The van der Waals surface area contributed by atoms with Crippen molar-refractivity contribution < 1.29 is 27.7 Å². The van der Waals surface area contributed by atoms with Gasteiger partial charge in [-0.1, -0.05) is 30.3 Å². The van der Waals surface area contributed by atoms with E-state index in [4.69, 9.17) is 0 Å². The second kappa shape index (κ2) is 8.31. The zero-order valence-electron chi connectivity index (χ0n) is 14.2. The molecular weight excluding hydrogens is 352 g/mol. The third-order valence-corrected chi connectivity index (χ3v) is 3.92. The SMILES string of the molecule is O=C(C[n+]1ccc(C(=O)c2ccccc2)cc1)c1ccc(OC(F)F)cc1. The summed E-state index contributed by atoms with van der Waals surface area (Å²) in [4.78, 5) is 24.7. The maximum absolute atomic E-state index is 12.4. The number of ether oxygens (including phenoxy) is 1. The number of benzene rings is 2. The molecule has 2 aromatic carbocycles. The lowest BCUT2D eigenvalue weighted by atomic mass is 10.0. The second-order valence-corrected chi connectivity index (χ2v) is 5.78. The van der Waals surface area contributed by atoms with Crippen LogP contribution in [0.15, 0.2) is 79.1 Å². The van der Waals surface area contributed by atoms with Crippen LogP contribution in [-0.2, 0) is 6.54 Å². The molecule has 0 atom stereocenters. The minimum absolute atomic E-state index is 0.00187. The van der Waals surface area contributed by atoms with E-state index >= 15 is 0 Å². The van der Waals surface area contributed by atoms with Crippen molar-refractivity contribution in [2.75, 3.05) is 0 Å². The fourth-order valence-corrected chi connectivity index (χ4v) is 2.55. The van der Waals surface area contributed by atoms with Gasteiger partial charge in [-0.15, -0.1) is 0 Å². The molecular formula is C21H16F2NO3+. The highest BCUT2D eigenvalue weighted by molar-refractivity contribution is 6.08. The maximum Gasteiger partial charge on any atom is 0.387 e.